The van der Waals surface area contributed by atoms with Crippen LogP contribution in [0.3, 0.4) is 0 Å². The molecule has 2 aliphatic rings. The average molecular weight is 368 g/mol. The van der Waals surface area contributed by atoms with Crippen molar-refractivity contribution in [1.82, 2.24) is 10.2 Å². The Kier molecular flexibility index (Phi) is 5.27. The number of para-hydroxylation sites is 1. The quantitative estimate of drug-likeness (QED) is 0.879. The lowest BCUT2D eigenvalue weighted by atomic mass is 10.1. The van der Waals surface area contributed by atoms with E-state index in [0.29, 0.717) is 25.3 Å². The smallest absolute Gasteiger partial charge is 0.250 e. The Hall–Kier alpha value is -2.57. The highest BCUT2D eigenvalue weighted by Crippen LogP contribution is 2.26. The molecular formula is C21H24N2O4. The second-order valence-corrected chi connectivity index (χ2v) is 6.82. The summed E-state index contributed by atoms with van der Waals surface area (Å²) in [5.74, 6) is 2.45. The van der Waals surface area contributed by atoms with Gasteiger partial charge in [0.15, 0.2) is 0 Å². The van der Waals surface area contributed by atoms with Gasteiger partial charge in [0.05, 0.1) is 24.8 Å². The van der Waals surface area contributed by atoms with Gasteiger partial charge in [-0.3, -0.25) is 9.69 Å². The number of carbonyl (C=O) groups is 1. The van der Waals surface area contributed by atoms with E-state index in [2.05, 4.69) is 10.2 Å². The zero-order valence-corrected chi connectivity index (χ0v) is 15.4. The summed E-state index contributed by atoms with van der Waals surface area (Å²) >= 11 is 0. The average Bonchev–Trinajstić information content (AvgIpc) is 3.14. The summed E-state index contributed by atoms with van der Waals surface area (Å²) in [6, 6.07) is 11.7. The number of nitrogens with one attached hydrogen (secondary N) is 1. The van der Waals surface area contributed by atoms with Crippen molar-refractivity contribution < 1.29 is 18.7 Å². The number of furan rings is 1. The fraction of sp³-hybridized carbons (Fsp3) is 0.381. The molecular weight excluding hydrogens is 344 g/mol. The monoisotopic (exact) mass is 368 g/mol. The first-order valence-corrected chi connectivity index (χ1v) is 9.29. The molecule has 1 fully saturated rings. The highest BCUT2D eigenvalue weighted by molar-refractivity contribution is 5.99. The molecule has 2 aliphatic heterocycles. The van der Waals surface area contributed by atoms with Gasteiger partial charge in [0.2, 0.25) is 0 Å². The van der Waals surface area contributed by atoms with Gasteiger partial charge in [0.1, 0.15) is 23.9 Å². The summed E-state index contributed by atoms with van der Waals surface area (Å²) in [7, 11) is 0. The fourth-order valence-electron chi connectivity index (χ4n) is 3.48. The van der Waals surface area contributed by atoms with Crippen molar-refractivity contribution in [2.24, 2.45) is 0 Å². The summed E-state index contributed by atoms with van der Waals surface area (Å²) in [6.07, 6.45) is 1.90. The van der Waals surface area contributed by atoms with Crippen LogP contribution in [-0.2, 0) is 9.53 Å². The van der Waals surface area contributed by atoms with Crippen LogP contribution in [0.25, 0.3) is 6.08 Å². The number of morpholine rings is 1. The van der Waals surface area contributed by atoms with Crippen molar-refractivity contribution in [3.8, 4) is 5.75 Å². The zero-order valence-electron chi connectivity index (χ0n) is 15.4. The minimum absolute atomic E-state index is 0.0102. The maximum atomic E-state index is 12.7. The van der Waals surface area contributed by atoms with E-state index in [1.54, 1.807) is 0 Å². The molecule has 0 spiro atoms. The molecule has 1 aromatic heterocycles. The van der Waals surface area contributed by atoms with Crippen LogP contribution in [-0.4, -0.2) is 50.3 Å². The van der Waals surface area contributed by atoms with Crippen LogP contribution in [0.2, 0.25) is 0 Å². The Morgan fingerprint density at radius 3 is 2.78 bits per heavy atom. The third-order valence-electron chi connectivity index (χ3n) is 4.96. The minimum Gasteiger partial charge on any atom is -0.488 e. The lowest BCUT2D eigenvalue weighted by molar-refractivity contribution is -0.118. The number of benzene rings is 1. The van der Waals surface area contributed by atoms with Crippen molar-refractivity contribution in [2.45, 2.75) is 13.0 Å². The molecule has 3 heterocycles. The van der Waals surface area contributed by atoms with Crippen LogP contribution in [0.15, 0.2) is 46.4 Å². The van der Waals surface area contributed by atoms with E-state index in [0.717, 1.165) is 35.9 Å². The number of ether oxygens (including phenoxy) is 2. The van der Waals surface area contributed by atoms with Crippen molar-refractivity contribution in [3.63, 3.8) is 0 Å². The lowest BCUT2D eigenvalue weighted by Gasteiger charge is -2.33. The van der Waals surface area contributed by atoms with E-state index < -0.39 is 0 Å². The highest BCUT2D eigenvalue weighted by Gasteiger charge is 2.26. The number of amides is 1. The highest BCUT2D eigenvalue weighted by atomic mass is 16.5. The number of hydrogen-bond donors (Lipinski definition) is 1. The number of fused-ring (bicyclic) bond motifs is 1. The summed E-state index contributed by atoms with van der Waals surface area (Å²) in [4.78, 5) is 15.0. The second kappa shape index (κ2) is 7.98. The zero-order chi connectivity index (χ0) is 18.6. The van der Waals surface area contributed by atoms with Gasteiger partial charge in [-0.05, 0) is 31.2 Å². The van der Waals surface area contributed by atoms with Gasteiger partial charge in [-0.25, -0.2) is 0 Å². The van der Waals surface area contributed by atoms with Gasteiger partial charge in [-0.1, -0.05) is 18.2 Å². The van der Waals surface area contributed by atoms with Crippen molar-refractivity contribution in [1.29, 1.82) is 0 Å². The molecule has 6 heteroatoms. The van der Waals surface area contributed by atoms with Crippen molar-refractivity contribution in [3.05, 3.63) is 59.1 Å². The van der Waals surface area contributed by atoms with Crippen LogP contribution < -0.4 is 10.1 Å². The largest absolute Gasteiger partial charge is 0.488 e. The SMILES string of the molecule is Cc1ccc(C(CNC(=O)C2=Cc3ccccc3OC2)N2CCOCC2)o1. The number of carbonyl (C=O) groups excluding carboxylic acids is 1. The predicted octanol–water partition coefficient (Wildman–Crippen LogP) is 2.55. The number of rotatable bonds is 5. The van der Waals surface area contributed by atoms with Gasteiger partial charge in [0.25, 0.3) is 5.91 Å². The molecule has 0 saturated carbocycles. The minimum atomic E-state index is -0.106. The number of nitrogens with zero attached hydrogens (tertiary/aromatic N) is 1. The normalized spacial score (nSPS) is 18.2. The summed E-state index contributed by atoms with van der Waals surface area (Å²) in [6.45, 7) is 5.72. The van der Waals surface area contributed by atoms with Gasteiger partial charge in [-0.2, -0.15) is 0 Å². The molecule has 6 nitrogen and oxygen atoms in total. The van der Waals surface area contributed by atoms with Gasteiger partial charge < -0.3 is 19.2 Å². The van der Waals surface area contributed by atoms with E-state index in [1.807, 2.05) is 49.4 Å². The van der Waals surface area contributed by atoms with Crippen LogP contribution in [0.4, 0.5) is 0 Å². The molecule has 4 rings (SSSR count). The molecule has 1 saturated heterocycles. The molecule has 1 N–H and O–H groups in total. The van der Waals surface area contributed by atoms with E-state index in [4.69, 9.17) is 13.9 Å². The second-order valence-electron chi connectivity index (χ2n) is 6.82. The molecule has 1 unspecified atom stereocenters. The summed E-state index contributed by atoms with van der Waals surface area (Å²) < 4.78 is 17.0. The third-order valence-corrected chi connectivity index (χ3v) is 4.96. The Labute approximate surface area is 158 Å². The van der Waals surface area contributed by atoms with E-state index in [-0.39, 0.29) is 18.6 Å². The molecule has 1 atom stereocenters. The molecule has 2 aromatic rings. The summed E-state index contributed by atoms with van der Waals surface area (Å²) in [5, 5.41) is 3.06. The number of hydrogen-bond acceptors (Lipinski definition) is 5. The molecule has 1 amide bonds. The molecule has 0 bridgehead atoms. The van der Waals surface area contributed by atoms with Crippen molar-refractivity contribution >= 4 is 12.0 Å². The van der Waals surface area contributed by atoms with E-state index in [9.17, 15) is 4.79 Å². The maximum absolute atomic E-state index is 12.7. The standard InChI is InChI=1S/C21H24N2O4/c1-15-6-7-20(27-15)18(23-8-10-25-11-9-23)13-22-21(24)17-12-16-4-2-3-5-19(16)26-14-17/h2-7,12,18H,8-11,13-14H2,1H3,(H,22,24). The van der Waals surface area contributed by atoms with Crippen LogP contribution >= 0.6 is 0 Å². The predicted molar refractivity (Wildman–Crippen MR) is 102 cm³/mol. The Bertz CT molecular complexity index is 836. The Morgan fingerprint density at radius 2 is 2.00 bits per heavy atom. The first-order valence-electron chi connectivity index (χ1n) is 9.29. The third kappa shape index (κ3) is 4.07. The van der Waals surface area contributed by atoms with Crippen LogP contribution in [0.5, 0.6) is 5.75 Å². The van der Waals surface area contributed by atoms with Crippen LogP contribution in [0.1, 0.15) is 23.1 Å². The van der Waals surface area contributed by atoms with Crippen LogP contribution in [0, 0.1) is 6.92 Å². The van der Waals surface area contributed by atoms with Crippen molar-refractivity contribution in [2.75, 3.05) is 39.5 Å². The van der Waals surface area contributed by atoms with Gasteiger partial charge in [-0.15, -0.1) is 0 Å². The molecule has 1 aromatic carbocycles. The Morgan fingerprint density at radius 1 is 1.19 bits per heavy atom. The molecule has 0 aliphatic carbocycles. The molecule has 142 valence electrons. The topological polar surface area (TPSA) is 63.9 Å². The van der Waals surface area contributed by atoms with Gasteiger partial charge in [0, 0.05) is 25.2 Å². The fourth-order valence-corrected chi connectivity index (χ4v) is 3.48. The van der Waals surface area contributed by atoms with Gasteiger partial charge >= 0.3 is 0 Å². The maximum Gasteiger partial charge on any atom is 0.250 e. The van der Waals surface area contributed by atoms with E-state index >= 15 is 0 Å². The first kappa shape index (κ1) is 17.8. The first-order chi connectivity index (χ1) is 13.2. The lowest BCUT2D eigenvalue weighted by Crippen LogP contribution is -2.44. The molecule has 0 radical (unpaired) electrons. The van der Waals surface area contributed by atoms with E-state index in [1.165, 1.54) is 0 Å². The molecule has 27 heavy (non-hydrogen) atoms. The number of aryl methyl sites for hydroxylation is 1. The Balaban J connectivity index is 1.46. The summed E-state index contributed by atoms with van der Waals surface area (Å²) in [5.41, 5.74) is 1.56.